The third kappa shape index (κ3) is 1.06. The van der Waals surface area contributed by atoms with E-state index in [9.17, 15) is 0 Å². The quantitative estimate of drug-likeness (QED) is 0.428. The van der Waals surface area contributed by atoms with Gasteiger partial charge in [-0.05, 0) is 34.9 Å². The van der Waals surface area contributed by atoms with E-state index in [4.69, 9.17) is 0 Å². The second-order valence-corrected chi connectivity index (χ2v) is 5.40. The Labute approximate surface area is 111 Å². The monoisotopic (exact) mass is 243 g/mol. The van der Waals surface area contributed by atoms with Crippen molar-refractivity contribution in [1.29, 1.82) is 0 Å². The molecule has 0 fully saturated rings. The zero-order valence-corrected chi connectivity index (χ0v) is 10.6. The molecule has 1 aliphatic heterocycles. The van der Waals surface area contributed by atoms with Gasteiger partial charge in [0.05, 0.1) is 5.52 Å². The van der Waals surface area contributed by atoms with Crippen molar-refractivity contribution < 1.29 is 0 Å². The van der Waals surface area contributed by atoms with Gasteiger partial charge in [-0.2, -0.15) is 0 Å². The summed E-state index contributed by atoms with van der Waals surface area (Å²) in [6, 6.07) is 19.9. The molecule has 90 valence electrons. The molecule has 0 bridgehead atoms. The number of para-hydroxylation sites is 1. The van der Waals surface area contributed by atoms with E-state index in [2.05, 4.69) is 59.2 Å². The normalized spacial score (nSPS) is 13.9. The van der Waals surface area contributed by atoms with Crippen LogP contribution in [0.25, 0.3) is 32.6 Å². The first-order chi connectivity index (χ1) is 9.43. The van der Waals surface area contributed by atoms with E-state index < -0.39 is 0 Å². The van der Waals surface area contributed by atoms with E-state index in [1.165, 1.54) is 44.6 Å². The maximum absolute atomic E-state index is 2.49. The molecule has 0 N–H and O–H groups in total. The van der Waals surface area contributed by atoms with Crippen LogP contribution in [0.1, 0.15) is 5.56 Å². The summed E-state index contributed by atoms with van der Waals surface area (Å²) in [4.78, 5) is 0. The minimum absolute atomic E-state index is 1.12. The highest BCUT2D eigenvalue weighted by Gasteiger charge is 2.20. The maximum atomic E-state index is 2.49. The van der Waals surface area contributed by atoms with Crippen LogP contribution in [0, 0.1) is 0 Å². The van der Waals surface area contributed by atoms with Crippen molar-refractivity contribution in [2.24, 2.45) is 0 Å². The lowest BCUT2D eigenvalue weighted by Gasteiger charge is -2.03. The zero-order valence-electron chi connectivity index (χ0n) is 10.6. The molecule has 19 heavy (non-hydrogen) atoms. The molecule has 0 amide bonds. The van der Waals surface area contributed by atoms with Crippen molar-refractivity contribution in [3.05, 3.63) is 60.2 Å². The number of aryl methyl sites for hydroxylation is 2. The van der Waals surface area contributed by atoms with Gasteiger partial charge < -0.3 is 4.57 Å². The van der Waals surface area contributed by atoms with E-state index >= 15 is 0 Å². The first-order valence-electron chi connectivity index (χ1n) is 6.85. The molecule has 0 saturated heterocycles. The number of hydrogen-bond donors (Lipinski definition) is 0. The van der Waals surface area contributed by atoms with Crippen LogP contribution in [0.15, 0.2) is 54.6 Å². The van der Waals surface area contributed by atoms with Gasteiger partial charge in [0, 0.05) is 22.8 Å². The van der Waals surface area contributed by atoms with E-state index in [1.807, 2.05) is 0 Å². The first kappa shape index (κ1) is 9.62. The van der Waals surface area contributed by atoms with Gasteiger partial charge >= 0.3 is 0 Å². The van der Waals surface area contributed by atoms with Crippen LogP contribution in [0.5, 0.6) is 0 Å². The lowest BCUT2D eigenvalue weighted by molar-refractivity contribution is 0.796. The summed E-state index contributed by atoms with van der Waals surface area (Å²) in [7, 11) is 0. The fraction of sp³-hybridized carbons (Fsp3) is 0.111. The molecule has 0 saturated carbocycles. The Morgan fingerprint density at radius 2 is 1.63 bits per heavy atom. The maximum Gasteiger partial charge on any atom is 0.0531 e. The van der Waals surface area contributed by atoms with Gasteiger partial charge in [0.25, 0.3) is 0 Å². The predicted octanol–water partition coefficient (Wildman–Crippen LogP) is 4.50. The van der Waals surface area contributed by atoms with Crippen molar-refractivity contribution in [3.8, 4) is 0 Å². The van der Waals surface area contributed by atoms with Crippen LogP contribution in [-0.2, 0) is 13.0 Å². The molecule has 1 heteroatoms. The summed E-state index contributed by atoms with van der Waals surface area (Å²) in [5, 5.41) is 5.60. The molecule has 1 aliphatic rings. The Hall–Kier alpha value is -2.28. The zero-order chi connectivity index (χ0) is 12.4. The molecule has 0 aliphatic carbocycles. The predicted molar refractivity (Wildman–Crippen MR) is 80.7 cm³/mol. The summed E-state index contributed by atoms with van der Waals surface area (Å²) in [6.45, 7) is 1.12. The lowest BCUT2D eigenvalue weighted by atomic mass is 9.99. The Morgan fingerprint density at radius 1 is 0.842 bits per heavy atom. The van der Waals surface area contributed by atoms with Crippen LogP contribution in [0.2, 0.25) is 0 Å². The summed E-state index contributed by atoms with van der Waals surface area (Å²) < 4.78 is 2.49. The molecule has 1 aromatic heterocycles. The molecule has 4 aromatic rings. The minimum atomic E-state index is 1.12. The van der Waals surface area contributed by atoms with Crippen molar-refractivity contribution in [3.63, 3.8) is 0 Å². The Kier molecular flexibility index (Phi) is 1.61. The minimum Gasteiger partial charge on any atom is -0.340 e. The Bertz CT molecular complexity index is 960. The average molecular weight is 243 g/mol. The van der Waals surface area contributed by atoms with Crippen molar-refractivity contribution >= 4 is 32.6 Å². The first-order valence-corrected chi connectivity index (χ1v) is 6.85. The fourth-order valence-corrected chi connectivity index (χ4v) is 3.67. The molecule has 5 rings (SSSR count). The summed E-state index contributed by atoms with van der Waals surface area (Å²) in [5.41, 5.74) is 4.34. The van der Waals surface area contributed by atoms with Gasteiger partial charge in [0.2, 0.25) is 0 Å². The number of rotatable bonds is 0. The van der Waals surface area contributed by atoms with Gasteiger partial charge in [0.1, 0.15) is 0 Å². The topological polar surface area (TPSA) is 4.93 Å². The average Bonchev–Trinajstić information content (AvgIpc) is 3.02. The summed E-state index contributed by atoms with van der Waals surface area (Å²) in [6.07, 6.45) is 1.17. The van der Waals surface area contributed by atoms with Gasteiger partial charge in [-0.3, -0.25) is 0 Å². The number of aromatic nitrogens is 1. The highest BCUT2D eigenvalue weighted by atomic mass is 15.0. The third-order valence-electron chi connectivity index (χ3n) is 4.44. The molecule has 0 spiro atoms. The number of hydrogen-bond acceptors (Lipinski definition) is 0. The number of fused-ring (bicyclic) bond motifs is 5. The number of benzene rings is 3. The Morgan fingerprint density at radius 3 is 2.58 bits per heavy atom. The molecular weight excluding hydrogens is 230 g/mol. The van der Waals surface area contributed by atoms with Crippen molar-refractivity contribution in [2.75, 3.05) is 0 Å². The second kappa shape index (κ2) is 3.18. The largest absolute Gasteiger partial charge is 0.340 e. The van der Waals surface area contributed by atoms with Crippen LogP contribution in [-0.4, -0.2) is 4.57 Å². The van der Waals surface area contributed by atoms with E-state index in [-0.39, 0.29) is 0 Å². The van der Waals surface area contributed by atoms with E-state index in [0.29, 0.717) is 0 Å². The van der Waals surface area contributed by atoms with Crippen LogP contribution in [0.3, 0.4) is 0 Å². The highest BCUT2D eigenvalue weighted by Crippen LogP contribution is 2.39. The van der Waals surface area contributed by atoms with Crippen LogP contribution in [0.4, 0.5) is 0 Å². The molecule has 3 aromatic carbocycles. The number of nitrogens with zero attached hydrogens (tertiary/aromatic N) is 1. The molecular formula is C18H13N. The lowest BCUT2D eigenvalue weighted by Crippen LogP contribution is -1.90. The van der Waals surface area contributed by atoms with Crippen LogP contribution >= 0.6 is 0 Å². The fourth-order valence-electron chi connectivity index (χ4n) is 3.67. The highest BCUT2D eigenvalue weighted by molar-refractivity contribution is 6.21. The summed E-state index contributed by atoms with van der Waals surface area (Å²) >= 11 is 0. The van der Waals surface area contributed by atoms with Gasteiger partial charge in [-0.15, -0.1) is 0 Å². The molecule has 0 unspecified atom stereocenters. The van der Waals surface area contributed by atoms with Gasteiger partial charge in [0.15, 0.2) is 0 Å². The Balaban J connectivity index is 2.22. The van der Waals surface area contributed by atoms with Gasteiger partial charge in [-0.25, -0.2) is 0 Å². The molecule has 1 nitrogen and oxygen atoms in total. The third-order valence-corrected chi connectivity index (χ3v) is 4.44. The SMILES string of the molecule is c1ccc2c(c1)cc1c3c2c2ccccc2n3CC1. The van der Waals surface area contributed by atoms with Crippen LogP contribution < -0.4 is 0 Å². The van der Waals surface area contributed by atoms with E-state index in [0.717, 1.165) is 6.54 Å². The molecule has 2 heterocycles. The molecule has 0 radical (unpaired) electrons. The second-order valence-electron chi connectivity index (χ2n) is 5.40. The van der Waals surface area contributed by atoms with Crippen molar-refractivity contribution in [1.82, 2.24) is 4.57 Å². The van der Waals surface area contributed by atoms with Crippen molar-refractivity contribution in [2.45, 2.75) is 13.0 Å². The standard InChI is InChI=1S/C18H13N/c1-2-6-14-12(5-1)11-13-9-10-19-16-8-4-3-7-15(16)17(14)18(13)19/h1-8,11H,9-10H2. The van der Waals surface area contributed by atoms with Gasteiger partial charge in [-0.1, -0.05) is 42.5 Å². The van der Waals surface area contributed by atoms with E-state index in [1.54, 1.807) is 0 Å². The smallest absolute Gasteiger partial charge is 0.0531 e. The molecule has 0 atom stereocenters. The summed E-state index contributed by atoms with van der Waals surface area (Å²) in [5.74, 6) is 0.